The molecule has 4 N–H and O–H groups in total. The standard InChI is InChI=1S/C16H21ClN4O/c1-2-21-7-3-4-14(21)10-19-11-16(22)20-15-8-13(17)6-5-12(15)9-18/h5-6,8,14,19H,2-4,7,10-11H2,1H3,(H,20,22)/p+2/t14-/m0/s1. The van der Waals surface area contributed by atoms with E-state index in [1.807, 2.05) is 0 Å². The molecule has 6 heteroatoms. The molecule has 0 saturated carbocycles. The van der Waals surface area contributed by atoms with Crippen molar-refractivity contribution >= 4 is 23.2 Å². The fourth-order valence-corrected chi connectivity index (χ4v) is 3.24. The van der Waals surface area contributed by atoms with Crippen molar-refractivity contribution in [2.24, 2.45) is 0 Å². The molecule has 1 aliphatic heterocycles. The highest BCUT2D eigenvalue weighted by Gasteiger charge is 2.28. The van der Waals surface area contributed by atoms with Crippen LogP contribution in [0.4, 0.5) is 5.69 Å². The zero-order valence-corrected chi connectivity index (χ0v) is 13.6. The van der Waals surface area contributed by atoms with Crippen molar-refractivity contribution in [2.45, 2.75) is 25.8 Å². The molecular formula is C16H23ClN4O+2. The number of likely N-dealkylation sites (N-methyl/N-ethyl adjacent to an activating group) is 1. The van der Waals surface area contributed by atoms with Crippen molar-refractivity contribution in [3.63, 3.8) is 0 Å². The number of nitrogens with two attached hydrogens (primary N) is 1. The molecule has 5 nitrogen and oxygen atoms in total. The largest absolute Gasteiger partial charge is 0.334 e. The van der Waals surface area contributed by atoms with Crippen LogP contribution in [0.25, 0.3) is 0 Å². The topological polar surface area (TPSA) is 73.9 Å². The maximum Gasteiger partial charge on any atom is 0.279 e. The van der Waals surface area contributed by atoms with Crippen molar-refractivity contribution < 1.29 is 15.0 Å². The maximum absolute atomic E-state index is 12.0. The Morgan fingerprint density at radius 1 is 1.59 bits per heavy atom. The summed E-state index contributed by atoms with van der Waals surface area (Å²) >= 11 is 5.91. The van der Waals surface area contributed by atoms with E-state index in [0.29, 0.717) is 28.9 Å². The van der Waals surface area contributed by atoms with Gasteiger partial charge in [0.15, 0.2) is 6.54 Å². The number of quaternary nitrogens is 2. The quantitative estimate of drug-likeness (QED) is 0.677. The molecule has 1 aliphatic rings. The van der Waals surface area contributed by atoms with Crippen LogP contribution in [0.1, 0.15) is 25.3 Å². The number of nitrogens with zero attached hydrogens (tertiary/aromatic N) is 1. The third kappa shape index (κ3) is 4.44. The first-order chi connectivity index (χ1) is 10.6. The molecule has 0 bridgehead atoms. The van der Waals surface area contributed by atoms with Crippen molar-refractivity contribution in [3.8, 4) is 6.07 Å². The van der Waals surface area contributed by atoms with E-state index >= 15 is 0 Å². The molecule has 0 aliphatic carbocycles. The van der Waals surface area contributed by atoms with Crippen molar-refractivity contribution in [1.29, 1.82) is 5.26 Å². The molecule has 0 spiro atoms. The summed E-state index contributed by atoms with van der Waals surface area (Å²) in [6.45, 7) is 5.94. The van der Waals surface area contributed by atoms with E-state index in [9.17, 15) is 4.79 Å². The first-order valence-corrected chi connectivity index (χ1v) is 8.17. The highest BCUT2D eigenvalue weighted by atomic mass is 35.5. The molecule has 0 aromatic heterocycles. The summed E-state index contributed by atoms with van der Waals surface area (Å²) in [5.41, 5.74) is 0.908. The normalized spacial score (nSPS) is 20.6. The van der Waals surface area contributed by atoms with Gasteiger partial charge >= 0.3 is 0 Å². The highest BCUT2D eigenvalue weighted by Crippen LogP contribution is 2.20. The minimum Gasteiger partial charge on any atom is -0.334 e. The molecule has 1 aromatic carbocycles. The van der Waals surface area contributed by atoms with E-state index in [1.165, 1.54) is 19.4 Å². The van der Waals surface area contributed by atoms with Gasteiger partial charge in [0.2, 0.25) is 0 Å². The number of benzene rings is 1. The predicted octanol–water partition coefficient (Wildman–Crippen LogP) is -0.219. The molecule has 1 amide bonds. The third-order valence-corrected chi connectivity index (χ3v) is 4.47. The van der Waals surface area contributed by atoms with Gasteiger partial charge in [0.05, 0.1) is 24.3 Å². The fraction of sp³-hybridized carbons (Fsp3) is 0.500. The van der Waals surface area contributed by atoms with Crippen LogP contribution in [0.3, 0.4) is 0 Å². The molecule has 1 unspecified atom stereocenters. The minimum atomic E-state index is -0.102. The van der Waals surface area contributed by atoms with Gasteiger partial charge in [0.25, 0.3) is 5.91 Å². The summed E-state index contributed by atoms with van der Waals surface area (Å²) in [7, 11) is 0. The summed E-state index contributed by atoms with van der Waals surface area (Å²) in [6.07, 6.45) is 2.52. The molecule has 22 heavy (non-hydrogen) atoms. The van der Waals surface area contributed by atoms with Crippen molar-refractivity contribution in [2.75, 3.05) is 31.5 Å². The molecule has 118 valence electrons. The van der Waals surface area contributed by atoms with Crippen LogP contribution in [0, 0.1) is 11.3 Å². The lowest BCUT2D eigenvalue weighted by Gasteiger charge is -2.18. The fourth-order valence-electron chi connectivity index (χ4n) is 3.07. The van der Waals surface area contributed by atoms with Gasteiger partial charge in [-0.15, -0.1) is 0 Å². The van der Waals surface area contributed by atoms with E-state index in [1.54, 1.807) is 23.1 Å². The number of carbonyl (C=O) groups excluding carboxylic acids is 1. The van der Waals surface area contributed by atoms with Crippen LogP contribution in [0.15, 0.2) is 18.2 Å². The van der Waals surface area contributed by atoms with Crippen LogP contribution in [-0.4, -0.2) is 38.1 Å². The second-order valence-corrected chi connectivity index (χ2v) is 6.12. The van der Waals surface area contributed by atoms with Crippen molar-refractivity contribution in [3.05, 3.63) is 28.8 Å². The number of carbonyl (C=O) groups is 1. The van der Waals surface area contributed by atoms with E-state index in [4.69, 9.17) is 16.9 Å². The lowest BCUT2D eigenvalue weighted by Crippen LogP contribution is -3.16. The Morgan fingerprint density at radius 3 is 3.14 bits per heavy atom. The average Bonchev–Trinajstić information content (AvgIpc) is 2.95. The van der Waals surface area contributed by atoms with Gasteiger partial charge < -0.3 is 15.5 Å². The number of rotatable bonds is 6. The number of nitrogens with one attached hydrogen (secondary N) is 2. The SMILES string of the molecule is CC[NH+]1CCC[C@H]1C[NH2+]CC(=O)Nc1cc(Cl)ccc1C#N. The first kappa shape index (κ1) is 16.8. The molecule has 1 fully saturated rings. The van der Waals surface area contributed by atoms with E-state index in [-0.39, 0.29) is 5.91 Å². The second-order valence-electron chi connectivity index (χ2n) is 5.68. The Kier molecular flexibility index (Phi) is 6.20. The van der Waals surface area contributed by atoms with Crippen LogP contribution in [-0.2, 0) is 4.79 Å². The molecular weight excluding hydrogens is 300 g/mol. The van der Waals surface area contributed by atoms with Gasteiger partial charge in [-0.3, -0.25) is 4.79 Å². The van der Waals surface area contributed by atoms with Gasteiger partial charge in [0.1, 0.15) is 18.7 Å². The zero-order chi connectivity index (χ0) is 15.9. The maximum atomic E-state index is 12.0. The molecule has 2 atom stereocenters. The number of hydrogen-bond donors (Lipinski definition) is 3. The molecule has 2 rings (SSSR count). The van der Waals surface area contributed by atoms with Gasteiger partial charge in [-0.25, -0.2) is 0 Å². The number of halogens is 1. The number of amides is 1. The summed E-state index contributed by atoms with van der Waals surface area (Å²) < 4.78 is 0. The Labute approximate surface area is 136 Å². The summed E-state index contributed by atoms with van der Waals surface area (Å²) in [4.78, 5) is 13.7. The molecule has 1 aromatic rings. The van der Waals surface area contributed by atoms with Gasteiger partial charge in [0, 0.05) is 17.9 Å². The van der Waals surface area contributed by atoms with E-state index in [2.05, 4.69) is 23.6 Å². The summed E-state index contributed by atoms with van der Waals surface area (Å²) in [5, 5.41) is 14.4. The van der Waals surface area contributed by atoms with Crippen LogP contribution in [0.2, 0.25) is 5.02 Å². The Balaban J connectivity index is 1.81. The van der Waals surface area contributed by atoms with Gasteiger partial charge in [-0.1, -0.05) is 11.6 Å². The number of likely N-dealkylation sites (tertiary alicyclic amines) is 1. The number of nitriles is 1. The molecule has 0 radical (unpaired) electrons. The predicted molar refractivity (Wildman–Crippen MR) is 85.8 cm³/mol. The van der Waals surface area contributed by atoms with Crippen molar-refractivity contribution in [1.82, 2.24) is 0 Å². The number of hydrogen-bond acceptors (Lipinski definition) is 2. The first-order valence-electron chi connectivity index (χ1n) is 7.79. The van der Waals surface area contributed by atoms with Gasteiger partial charge in [-0.2, -0.15) is 5.26 Å². The third-order valence-electron chi connectivity index (χ3n) is 4.24. The number of anilines is 1. The monoisotopic (exact) mass is 322 g/mol. The Bertz CT molecular complexity index is 570. The highest BCUT2D eigenvalue weighted by molar-refractivity contribution is 6.31. The summed E-state index contributed by atoms with van der Waals surface area (Å²) in [6, 6.07) is 7.57. The van der Waals surface area contributed by atoms with E-state index in [0.717, 1.165) is 13.1 Å². The molecule has 1 saturated heterocycles. The van der Waals surface area contributed by atoms with Gasteiger partial charge in [-0.05, 0) is 25.1 Å². The van der Waals surface area contributed by atoms with Crippen LogP contribution in [0.5, 0.6) is 0 Å². The molecule has 1 heterocycles. The van der Waals surface area contributed by atoms with E-state index < -0.39 is 0 Å². The minimum absolute atomic E-state index is 0.102. The van der Waals surface area contributed by atoms with Crippen LogP contribution >= 0.6 is 11.6 Å². The lowest BCUT2D eigenvalue weighted by atomic mass is 10.2. The van der Waals surface area contributed by atoms with Crippen LogP contribution < -0.4 is 15.5 Å². The lowest BCUT2D eigenvalue weighted by molar-refractivity contribution is -0.923. The zero-order valence-electron chi connectivity index (χ0n) is 12.9. The summed E-state index contributed by atoms with van der Waals surface area (Å²) in [5.74, 6) is -0.102. The average molecular weight is 323 g/mol. The second kappa shape index (κ2) is 8.14. The smallest absolute Gasteiger partial charge is 0.279 e. The Hall–Kier alpha value is -1.61. The Morgan fingerprint density at radius 2 is 2.41 bits per heavy atom.